The van der Waals surface area contributed by atoms with E-state index in [4.69, 9.17) is 0 Å². The van der Waals surface area contributed by atoms with E-state index in [0.29, 0.717) is 6.54 Å². The van der Waals surface area contributed by atoms with Crippen LogP contribution in [0.4, 0.5) is 11.4 Å². The number of anilines is 2. The molecule has 2 rings (SSSR count). The van der Waals surface area contributed by atoms with Gasteiger partial charge in [-0.05, 0) is 23.8 Å². The Morgan fingerprint density at radius 3 is 2.56 bits per heavy atom. The van der Waals surface area contributed by atoms with Gasteiger partial charge in [0, 0.05) is 26.8 Å². The molecule has 0 radical (unpaired) electrons. The fraction of sp³-hybridized carbons (Fsp3) is 0.214. The van der Waals surface area contributed by atoms with E-state index in [1.807, 2.05) is 43.4 Å². The Labute approximate surface area is 107 Å². The van der Waals surface area contributed by atoms with Crippen molar-refractivity contribution in [2.45, 2.75) is 6.54 Å². The van der Waals surface area contributed by atoms with Gasteiger partial charge in [-0.25, -0.2) is 0 Å². The van der Waals surface area contributed by atoms with E-state index in [1.165, 1.54) is 0 Å². The van der Waals surface area contributed by atoms with Crippen LogP contribution in [0, 0.1) is 0 Å². The summed E-state index contributed by atoms with van der Waals surface area (Å²) in [4.78, 5) is 6.17. The molecule has 0 aliphatic rings. The van der Waals surface area contributed by atoms with E-state index in [0.717, 1.165) is 16.9 Å². The van der Waals surface area contributed by atoms with Crippen LogP contribution in [0.5, 0.6) is 5.75 Å². The minimum atomic E-state index is 0.286. The number of phenolic OH excluding ortho intramolecular Hbond substituents is 1. The number of hydrogen-bond donors (Lipinski definition) is 2. The van der Waals surface area contributed by atoms with E-state index >= 15 is 0 Å². The molecule has 0 unspecified atom stereocenters. The molecule has 1 aromatic carbocycles. The third-order valence-corrected chi connectivity index (χ3v) is 2.70. The largest absolute Gasteiger partial charge is 0.508 e. The van der Waals surface area contributed by atoms with Crippen LogP contribution in [0.2, 0.25) is 0 Å². The Morgan fingerprint density at radius 2 is 1.89 bits per heavy atom. The molecule has 0 aliphatic heterocycles. The number of rotatable bonds is 4. The van der Waals surface area contributed by atoms with Crippen LogP contribution in [0.15, 0.2) is 42.7 Å². The third-order valence-electron chi connectivity index (χ3n) is 2.70. The Hall–Kier alpha value is -2.23. The molecule has 0 aliphatic carbocycles. The first-order valence-corrected chi connectivity index (χ1v) is 5.80. The van der Waals surface area contributed by atoms with Crippen LogP contribution in [-0.2, 0) is 6.54 Å². The van der Waals surface area contributed by atoms with Gasteiger partial charge in [-0.3, -0.25) is 4.98 Å². The zero-order chi connectivity index (χ0) is 13.0. The van der Waals surface area contributed by atoms with Crippen LogP contribution in [-0.4, -0.2) is 24.2 Å². The molecule has 2 aromatic rings. The molecule has 4 nitrogen and oxygen atoms in total. The van der Waals surface area contributed by atoms with Crippen LogP contribution >= 0.6 is 0 Å². The highest BCUT2D eigenvalue weighted by molar-refractivity contribution is 5.68. The summed E-state index contributed by atoms with van der Waals surface area (Å²) < 4.78 is 0. The lowest BCUT2D eigenvalue weighted by molar-refractivity contribution is 0.475. The van der Waals surface area contributed by atoms with Gasteiger partial charge in [0.05, 0.1) is 17.6 Å². The number of nitrogens with zero attached hydrogens (tertiary/aromatic N) is 2. The quantitative estimate of drug-likeness (QED) is 0.866. The molecule has 0 saturated carbocycles. The molecule has 0 saturated heterocycles. The van der Waals surface area contributed by atoms with Crippen molar-refractivity contribution in [1.29, 1.82) is 0 Å². The lowest BCUT2D eigenvalue weighted by atomic mass is 10.2. The second-order valence-electron chi connectivity index (χ2n) is 4.31. The Morgan fingerprint density at radius 1 is 1.17 bits per heavy atom. The van der Waals surface area contributed by atoms with Gasteiger partial charge in [0.2, 0.25) is 0 Å². The van der Waals surface area contributed by atoms with Gasteiger partial charge < -0.3 is 15.3 Å². The van der Waals surface area contributed by atoms with Crippen molar-refractivity contribution in [1.82, 2.24) is 4.98 Å². The van der Waals surface area contributed by atoms with E-state index < -0.39 is 0 Å². The Kier molecular flexibility index (Phi) is 3.67. The molecule has 94 valence electrons. The van der Waals surface area contributed by atoms with Crippen molar-refractivity contribution < 1.29 is 5.11 Å². The van der Waals surface area contributed by atoms with E-state index in [-0.39, 0.29) is 5.75 Å². The molecule has 0 amide bonds. The van der Waals surface area contributed by atoms with Gasteiger partial charge in [0.1, 0.15) is 5.75 Å². The molecule has 0 spiro atoms. The summed E-state index contributed by atoms with van der Waals surface area (Å²) in [5.74, 6) is 0.286. The number of aromatic hydroxyl groups is 1. The number of benzene rings is 1. The molecule has 2 N–H and O–H groups in total. The average molecular weight is 243 g/mol. The van der Waals surface area contributed by atoms with Crippen LogP contribution < -0.4 is 10.2 Å². The van der Waals surface area contributed by atoms with Crippen LogP contribution in [0.1, 0.15) is 5.56 Å². The van der Waals surface area contributed by atoms with Crippen molar-refractivity contribution in [2.75, 3.05) is 24.3 Å². The first-order chi connectivity index (χ1) is 8.66. The van der Waals surface area contributed by atoms with Crippen molar-refractivity contribution in [3.63, 3.8) is 0 Å². The first kappa shape index (κ1) is 12.2. The predicted octanol–water partition coefficient (Wildman–Crippen LogP) is 2.47. The second kappa shape index (κ2) is 5.40. The molecular weight excluding hydrogens is 226 g/mol. The highest BCUT2D eigenvalue weighted by atomic mass is 16.3. The molecule has 0 bridgehead atoms. The van der Waals surface area contributed by atoms with Crippen molar-refractivity contribution >= 4 is 11.4 Å². The number of hydrogen-bond acceptors (Lipinski definition) is 4. The van der Waals surface area contributed by atoms with Crippen LogP contribution in [0.3, 0.4) is 0 Å². The summed E-state index contributed by atoms with van der Waals surface area (Å²) in [6, 6.07) is 9.14. The maximum absolute atomic E-state index is 9.22. The van der Waals surface area contributed by atoms with E-state index in [9.17, 15) is 5.11 Å². The minimum Gasteiger partial charge on any atom is -0.508 e. The summed E-state index contributed by atoms with van der Waals surface area (Å²) >= 11 is 0. The van der Waals surface area contributed by atoms with Crippen molar-refractivity contribution in [2.24, 2.45) is 0 Å². The van der Waals surface area contributed by atoms with Gasteiger partial charge in [-0.1, -0.05) is 12.1 Å². The first-order valence-electron chi connectivity index (χ1n) is 5.80. The molecule has 0 atom stereocenters. The molecular formula is C14H17N3O. The molecule has 1 heterocycles. The number of phenols is 1. The lowest BCUT2D eigenvalue weighted by Gasteiger charge is -2.17. The van der Waals surface area contributed by atoms with E-state index in [1.54, 1.807) is 18.3 Å². The molecule has 1 aromatic heterocycles. The fourth-order valence-corrected chi connectivity index (χ4v) is 1.72. The Bertz CT molecular complexity index is 509. The summed E-state index contributed by atoms with van der Waals surface area (Å²) in [5, 5.41) is 12.6. The topological polar surface area (TPSA) is 48.4 Å². The van der Waals surface area contributed by atoms with Crippen molar-refractivity contribution in [3.8, 4) is 5.75 Å². The number of aromatic nitrogens is 1. The summed E-state index contributed by atoms with van der Waals surface area (Å²) in [6.07, 6.45) is 3.59. The van der Waals surface area contributed by atoms with Gasteiger partial charge in [0.15, 0.2) is 0 Å². The average Bonchev–Trinajstić information content (AvgIpc) is 2.38. The zero-order valence-corrected chi connectivity index (χ0v) is 10.6. The normalized spacial score (nSPS) is 10.1. The van der Waals surface area contributed by atoms with Gasteiger partial charge in [-0.15, -0.1) is 0 Å². The number of nitrogens with one attached hydrogen (secondary N) is 1. The number of pyridine rings is 1. The standard InChI is InChI=1S/C14H17N3O/c1-17(2)14-7-8-15-10-13(14)16-9-11-3-5-12(18)6-4-11/h3-8,10,16,18H,9H2,1-2H3. The smallest absolute Gasteiger partial charge is 0.115 e. The highest BCUT2D eigenvalue weighted by Gasteiger charge is 2.03. The van der Waals surface area contributed by atoms with Gasteiger partial charge in [0.25, 0.3) is 0 Å². The summed E-state index contributed by atoms with van der Waals surface area (Å²) in [7, 11) is 4.00. The maximum atomic E-state index is 9.22. The SMILES string of the molecule is CN(C)c1ccncc1NCc1ccc(O)cc1. The monoisotopic (exact) mass is 243 g/mol. The molecule has 4 heteroatoms. The van der Waals surface area contributed by atoms with Gasteiger partial charge >= 0.3 is 0 Å². The van der Waals surface area contributed by atoms with Gasteiger partial charge in [-0.2, -0.15) is 0 Å². The summed E-state index contributed by atoms with van der Waals surface area (Å²) in [6.45, 7) is 0.701. The zero-order valence-electron chi connectivity index (χ0n) is 10.6. The highest BCUT2D eigenvalue weighted by Crippen LogP contribution is 2.23. The second-order valence-corrected chi connectivity index (χ2v) is 4.31. The molecule has 0 fully saturated rings. The van der Waals surface area contributed by atoms with Crippen molar-refractivity contribution in [3.05, 3.63) is 48.3 Å². The summed E-state index contributed by atoms with van der Waals surface area (Å²) in [5.41, 5.74) is 3.21. The minimum absolute atomic E-state index is 0.286. The Balaban J connectivity index is 2.08. The van der Waals surface area contributed by atoms with Crippen LogP contribution in [0.25, 0.3) is 0 Å². The predicted molar refractivity (Wildman–Crippen MR) is 74.0 cm³/mol. The lowest BCUT2D eigenvalue weighted by Crippen LogP contribution is -2.12. The maximum Gasteiger partial charge on any atom is 0.115 e. The molecule has 18 heavy (non-hydrogen) atoms. The third kappa shape index (κ3) is 2.91. The van der Waals surface area contributed by atoms with E-state index in [2.05, 4.69) is 10.3 Å². The fourth-order valence-electron chi connectivity index (χ4n) is 1.72.